The van der Waals surface area contributed by atoms with Crippen LogP contribution in [0.5, 0.6) is 0 Å². The van der Waals surface area contributed by atoms with Crippen molar-refractivity contribution in [3.63, 3.8) is 0 Å². The van der Waals surface area contributed by atoms with Crippen LogP contribution in [-0.2, 0) is 19.3 Å². The Bertz CT molecular complexity index is 1940. The Hall–Kier alpha value is -3.20. The molecule has 1 aliphatic rings. The number of unbranched alkanes of at least 4 members (excludes halogenated alkanes) is 18. The average Bonchev–Trinajstić information content (AvgIpc) is 3.98. The second-order valence-electron chi connectivity index (χ2n) is 16.6. The van der Waals surface area contributed by atoms with Gasteiger partial charge in [-0.2, -0.15) is 0 Å². The number of benzene rings is 4. The molecule has 0 N–H and O–H groups in total. The molecular weight excluding hydrogens is 701 g/mol. The van der Waals surface area contributed by atoms with Crippen LogP contribution in [0, 0.1) is 0 Å². The molecule has 0 saturated heterocycles. The van der Waals surface area contributed by atoms with Crippen LogP contribution < -0.4 is 0 Å². The number of rotatable bonds is 24. The topological polar surface area (TPSA) is 0 Å². The van der Waals surface area contributed by atoms with Crippen LogP contribution in [0.4, 0.5) is 0 Å². The fourth-order valence-electron chi connectivity index (χ4n) is 9.07. The maximum absolute atomic E-state index is 2.44. The lowest BCUT2D eigenvalue weighted by molar-refractivity contribution is 0.557. The molecule has 0 saturated carbocycles. The predicted molar refractivity (Wildman–Crippen MR) is 247 cm³/mol. The fourth-order valence-corrected chi connectivity index (χ4v) is 11.2. The molecule has 0 unspecified atom stereocenters. The number of aryl methyl sites for hydroxylation is 2. The summed E-state index contributed by atoms with van der Waals surface area (Å²) in [5.74, 6) is 0. The summed E-state index contributed by atoms with van der Waals surface area (Å²) in [5.41, 5.74) is 8.56. The summed E-state index contributed by atoms with van der Waals surface area (Å²) in [6, 6.07) is 33.4. The van der Waals surface area contributed by atoms with E-state index in [4.69, 9.17) is 0 Å². The summed E-state index contributed by atoms with van der Waals surface area (Å²) >= 11 is 4.00. The van der Waals surface area contributed by atoms with Gasteiger partial charge in [-0.05, 0) is 123 Å². The lowest BCUT2D eigenvalue weighted by atomic mass is 9.97. The normalized spacial score (nSPS) is 12.3. The summed E-state index contributed by atoms with van der Waals surface area (Å²) < 4.78 is 0. The summed E-state index contributed by atoms with van der Waals surface area (Å²) in [5, 5.41) is 5.56. The van der Waals surface area contributed by atoms with E-state index in [1.807, 2.05) is 22.7 Å². The third-order valence-corrected chi connectivity index (χ3v) is 14.7. The molecule has 7 rings (SSSR count). The molecule has 0 spiro atoms. The van der Waals surface area contributed by atoms with Gasteiger partial charge in [0.1, 0.15) is 0 Å². The Morgan fingerprint density at radius 1 is 0.382 bits per heavy atom. The lowest BCUT2D eigenvalue weighted by Gasteiger charge is -2.08. The quantitative estimate of drug-likeness (QED) is 0.0537. The molecule has 0 nitrogen and oxygen atoms in total. The van der Waals surface area contributed by atoms with Crippen molar-refractivity contribution < 1.29 is 0 Å². The van der Waals surface area contributed by atoms with Gasteiger partial charge in [0.05, 0.1) is 0 Å². The van der Waals surface area contributed by atoms with Gasteiger partial charge in [-0.1, -0.05) is 178 Å². The highest BCUT2D eigenvalue weighted by Gasteiger charge is 2.23. The molecule has 0 radical (unpaired) electrons. The number of hydrogen-bond donors (Lipinski definition) is 0. The molecule has 2 heteroatoms. The van der Waals surface area contributed by atoms with Crippen molar-refractivity contribution in [2.45, 2.75) is 162 Å². The van der Waals surface area contributed by atoms with Gasteiger partial charge >= 0.3 is 0 Å². The molecule has 1 aliphatic carbocycles. The first-order valence-corrected chi connectivity index (χ1v) is 24.1. The SMILES string of the molecule is CCCCCCCCCCCCc1ccc(-c2ccc3c4c(ccc3c2)-c2ccc3cc(-c5ccc(CCCCCCCCCCCC)s5)ccc3c2C4)s1. The minimum atomic E-state index is 1.02. The molecule has 55 heavy (non-hydrogen) atoms. The number of hydrogen-bond acceptors (Lipinski definition) is 2. The minimum absolute atomic E-state index is 1.02. The Labute approximate surface area is 341 Å². The zero-order valence-electron chi connectivity index (χ0n) is 34.2. The molecule has 0 amide bonds. The molecule has 0 bridgehead atoms. The highest BCUT2D eigenvalue weighted by molar-refractivity contribution is 7.15. The Morgan fingerprint density at radius 2 is 0.764 bits per heavy atom. The van der Waals surface area contributed by atoms with Crippen molar-refractivity contribution >= 4 is 44.2 Å². The monoisotopic (exact) mass is 766 g/mol. The van der Waals surface area contributed by atoms with Gasteiger partial charge in [-0.3, -0.25) is 0 Å². The zero-order valence-corrected chi connectivity index (χ0v) is 35.8. The van der Waals surface area contributed by atoms with Crippen LogP contribution in [0.1, 0.15) is 163 Å². The molecule has 4 aromatic carbocycles. The van der Waals surface area contributed by atoms with E-state index < -0.39 is 0 Å². The van der Waals surface area contributed by atoms with E-state index in [1.54, 1.807) is 0 Å². The van der Waals surface area contributed by atoms with Crippen LogP contribution in [0.15, 0.2) is 84.9 Å². The van der Waals surface area contributed by atoms with Crippen molar-refractivity contribution in [2.75, 3.05) is 0 Å². The third-order valence-electron chi connectivity index (χ3n) is 12.4. The first-order valence-electron chi connectivity index (χ1n) is 22.5. The molecule has 290 valence electrons. The molecule has 0 atom stereocenters. The van der Waals surface area contributed by atoms with Crippen LogP contribution in [0.3, 0.4) is 0 Å². The van der Waals surface area contributed by atoms with E-state index in [-0.39, 0.29) is 0 Å². The first kappa shape index (κ1) is 40.0. The van der Waals surface area contributed by atoms with Crippen molar-refractivity contribution in [1.29, 1.82) is 0 Å². The van der Waals surface area contributed by atoms with Crippen molar-refractivity contribution in [3.05, 3.63) is 106 Å². The largest absolute Gasteiger partial charge is 0.140 e. The minimum Gasteiger partial charge on any atom is -0.140 e. The van der Waals surface area contributed by atoms with E-state index in [0.717, 1.165) is 6.42 Å². The van der Waals surface area contributed by atoms with Gasteiger partial charge in [0.25, 0.3) is 0 Å². The second kappa shape index (κ2) is 20.8. The standard InChI is InChI=1S/C53H66S2/c1-3-5-7-9-11-13-15-17-19-21-23-44-29-35-52(54-44)42-27-31-46-40(37-42)25-33-48-49-34-26-41-38-43(28-32-47(41)51(49)39-50(46)48)53-36-30-45(55-53)24-22-20-18-16-14-12-10-8-6-4-2/h25-38H,3-24,39H2,1-2H3. The molecule has 0 aliphatic heterocycles. The maximum atomic E-state index is 2.44. The van der Waals surface area contributed by atoms with Crippen molar-refractivity contribution in [1.82, 2.24) is 0 Å². The number of thiophene rings is 2. The summed E-state index contributed by atoms with van der Waals surface area (Å²) in [4.78, 5) is 5.90. The zero-order chi connectivity index (χ0) is 37.7. The van der Waals surface area contributed by atoms with Gasteiger partial charge in [0, 0.05) is 19.5 Å². The highest BCUT2D eigenvalue weighted by atomic mass is 32.1. The van der Waals surface area contributed by atoms with E-state index in [1.165, 1.54) is 216 Å². The van der Waals surface area contributed by atoms with E-state index in [0.29, 0.717) is 0 Å². The van der Waals surface area contributed by atoms with Crippen LogP contribution in [-0.4, -0.2) is 0 Å². The van der Waals surface area contributed by atoms with E-state index in [2.05, 4.69) is 98.8 Å². The third kappa shape index (κ3) is 10.6. The highest BCUT2D eigenvalue weighted by Crippen LogP contribution is 2.45. The summed E-state index contributed by atoms with van der Waals surface area (Å²) in [7, 11) is 0. The smallest absolute Gasteiger partial charge is 0.0345 e. The van der Waals surface area contributed by atoms with Crippen LogP contribution in [0.2, 0.25) is 0 Å². The second-order valence-corrected chi connectivity index (χ2v) is 19.0. The van der Waals surface area contributed by atoms with Gasteiger partial charge in [-0.15, -0.1) is 22.7 Å². The molecule has 6 aromatic rings. The molecule has 0 fully saturated rings. The van der Waals surface area contributed by atoms with Crippen molar-refractivity contribution in [3.8, 4) is 32.0 Å². The Morgan fingerprint density at radius 3 is 1.16 bits per heavy atom. The van der Waals surface area contributed by atoms with Gasteiger partial charge < -0.3 is 0 Å². The van der Waals surface area contributed by atoms with E-state index >= 15 is 0 Å². The van der Waals surface area contributed by atoms with Crippen molar-refractivity contribution in [2.24, 2.45) is 0 Å². The van der Waals surface area contributed by atoms with Gasteiger partial charge in [0.2, 0.25) is 0 Å². The van der Waals surface area contributed by atoms with Gasteiger partial charge in [-0.25, -0.2) is 0 Å². The summed E-state index contributed by atoms with van der Waals surface area (Å²) in [6.07, 6.45) is 31.5. The average molecular weight is 767 g/mol. The Kier molecular flexibility index (Phi) is 15.1. The molecule has 2 heterocycles. The predicted octanol–water partition coefficient (Wildman–Crippen LogP) is 17.9. The fraction of sp³-hybridized carbons (Fsp3) is 0.472. The van der Waals surface area contributed by atoms with Crippen LogP contribution >= 0.6 is 22.7 Å². The first-order chi connectivity index (χ1) is 27.2. The number of fused-ring (bicyclic) bond motifs is 7. The molecular formula is C53H66S2. The lowest BCUT2D eigenvalue weighted by Crippen LogP contribution is -1.86. The maximum Gasteiger partial charge on any atom is 0.0345 e. The van der Waals surface area contributed by atoms with Gasteiger partial charge in [0.15, 0.2) is 0 Å². The molecule has 2 aromatic heterocycles. The van der Waals surface area contributed by atoms with E-state index in [9.17, 15) is 0 Å². The summed E-state index contributed by atoms with van der Waals surface area (Å²) in [6.45, 7) is 4.60. The van der Waals surface area contributed by atoms with Crippen LogP contribution in [0.25, 0.3) is 53.6 Å². The Balaban J connectivity index is 0.922.